The number of aryl methyl sites for hydroxylation is 1. The number of carbonyl (C=O) groups is 1. The molecule has 1 aliphatic rings. The fourth-order valence-corrected chi connectivity index (χ4v) is 2.67. The molecule has 24 heavy (non-hydrogen) atoms. The molecule has 1 aromatic carbocycles. The van der Waals surface area contributed by atoms with E-state index in [0.717, 1.165) is 0 Å². The summed E-state index contributed by atoms with van der Waals surface area (Å²) in [6.07, 6.45) is -1.01. The van der Waals surface area contributed by atoms with Crippen molar-refractivity contribution in [1.82, 2.24) is 9.78 Å². The van der Waals surface area contributed by atoms with E-state index in [4.69, 9.17) is 0 Å². The summed E-state index contributed by atoms with van der Waals surface area (Å²) in [5, 5.41) is 6.80. The second-order valence-corrected chi connectivity index (χ2v) is 5.61. The normalized spacial score (nSPS) is 19.8. The highest BCUT2D eigenvalue weighted by Crippen LogP contribution is 2.51. The van der Waals surface area contributed by atoms with Crippen LogP contribution in [0.25, 0.3) is 0 Å². The lowest BCUT2D eigenvalue weighted by Crippen LogP contribution is -2.18. The molecule has 0 unspecified atom stereocenters. The van der Waals surface area contributed by atoms with Crippen molar-refractivity contribution in [3.63, 3.8) is 0 Å². The van der Waals surface area contributed by atoms with Gasteiger partial charge < -0.3 is 10.1 Å². The Balaban J connectivity index is 1.67. The van der Waals surface area contributed by atoms with Crippen LogP contribution in [0.1, 0.15) is 24.8 Å². The molecular formula is C16H16F3N3O2. The first-order valence-electron chi connectivity index (χ1n) is 7.55. The van der Waals surface area contributed by atoms with Gasteiger partial charge in [0.1, 0.15) is 5.75 Å². The van der Waals surface area contributed by atoms with Crippen LogP contribution >= 0.6 is 0 Å². The highest BCUT2D eigenvalue weighted by molar-refractivity contribution is 5.95. The second kappa shape index (κ2) is 6.18. The van der Waals surface area contributed by atoms with Gasteiger partial charge in [0.25, 0.3) is 0 Å². The third kappa shape index (κ3) is 3.69. The second-order valence-electron chi connectivity index (χ2n) is 5.61. The van der Waals surface area contributed by atoms with Crippen LogP contribution in [0.15, 0.2) is 36.7 Å². The highest BCUT2D eigenvalue weighted by Gasteiger charge is 2.46. The summed E-state index contributed by atoms with van der Waals surface area (Å²) < 4.78 is 43.1. The molecule has 8 heteroatoms. The maximum Gasteiger partial charge on any atom is 0.573 e. The smallest absolute Gasteiger partial charge is 0.405 e. The Morgan fingerprint density at radius 3 is 2.83 bits per heavy atom. The number of nitrogens with zero attached hydrogens (tertiary/aromatic N) is 2. The molecule has 1 amide bonds. The van der Waals surface area contributed by atoms with Crippen molar-refractivity contribution in [1.29, 1.82) is 0 Å². The molecule has 0 bridgehead atoms. The maximum absolute atomic E-state index is 12.5. The Labute approximate surface area is 136 Å². The summed E-state index contributed by atoms with van der Waals surface area (Å²) in [5.41, 5.74) is 0.978. The topological polar surface area (TPSA) is 56.2 Å². The molecule has 2 aromatic rings. The minimum absolute atomic E-state index is 0.225. The van der Waals surface area contributed by atoms with Gasteiger partial charge in [-0.05, 0) is 30.9 Å². The quantitative estimate of drug-likeness (QED) is 0.906. The fraction of sp³-hybridized carbons (Fsp3) is 0.375. The molecule has 5 nitrogen and oxygen atoms in total. The average Bonchev–Trinajstić information content (AvgIpc) is 3.19. The van der Waals surface area contributed by atoms with Crippen molar-refractivity contribution >= 4 is 11.6 Å². The van der Waals surface area contributed by atoms with Crippen LogP contribution < -0.4 is 10.1 Å². The van der Waals surface area contributed by atoms with E-state index in [1.807, 2.05) is 6.92 Å². The van der Waals surface area contributed by atoms with Gasteiger partial charge in [-0.1, -0.05) is 18.2 Å². The van der Waals surface area contributed by atoms with Gasteiger partial charge in [0.2, 0.25) is 5.91 Å². The molecule has 1 aliphatic carbocycles. The predicted molar refractivity (Wildman–Crippen MR) is 80.5 cm³/mol. The minimum Gasteiger partial charge on any atom is -0.405 e. The summed E-state index contributed by atoms with van der Waals surface area (Å²) in [6, 6.07) is 5.94. The molecule has 2 atom stereocenters. The molecule has 1 heterocycles. The van der Waals surface area contributed by atoms with Gasteiger partial charge in [-0.25, -0.2) is 0 Å². The van der Waals surface area contributed by atoms with Crippen LogP contribution in [-0.4, -0.2) is 22.1 Å². The van der Waals surface area contributed by atoms with Gasteiger partial charge in [0, 0.05) is 18.7 Å². The Kier molecular flexibility index (Phi) is 4.21. The zero-order chi connectivity index (χ0) is 17.3. The van der Waals surface area contributed by atoms with E-state index >= 15 is 0 Å². The number of anilines is 1. The lowest BCUT2D eigenvalue weighted by molar-refractivity contribution is -0.274. The van der Waals surface area contributed by atoms with Crippen LogP contribution in [0.4, 0.5) is 18.9 Å². The number of amides is 1. The molecule has 0 aliphatic heterocycles. The predicted octanol–water partition coefficient (Wildman–Crippen LogP) is 3.54. The van der Waals surface area contributed by atoms with Gasteiger partial charge in [0.05, 0.1) is 11.9 Å². The molecular weight excluding hydrogens is 323 g/mol. The van der Waals surface area contributed by atoms with E-state index in [1.165, 1.54) is 12.1 Å². The molecule has 1 fully saturated rings. The van der Waals surface area contributed by atoms with Gasteiger partial charge >= 0.3 is 6.36 Å². The molecule has 3 rings (SSSR count). The van der Waals surface area contributed by atoms with E-state index in [9.17, 15) is 18.0 Å². The zero-order valence-electron chi connectivity index (χ0n) is 12.9. The number of hydrogen-bond acceptors (Lipinski definition) is 3. The largest absolute Gasteiger partial charge is 0.573 e. The van der Waals surface area contributed by atoms with Crippen LogP contribution in [-0.2, 0) is 11.3 Å². The number of nitrogens with one attached hydrogen (secondary N) is 1. The van der Waals surface area contributed by atoms with Gasteiger partial charge in [-0.2, -0.15) is 5.10 Å². The lowest BCUT2D eigenvalue weighted by atomic mass is 10.1. The van der Waals surface area contributed by atoms with Gasteiger partial charge in [-0.15, -0.1) is 13.2 Å². The van der Waals surface area contributed by atoms with Gasteiger partial charge in [-0.3, -0.25) is 9.48 Å². The van der Waals surface area contributed by atoms with Crippen LogP contribution in [0, 0.1) is 5.92 Å². The number of hydrogen-bond donors (Lipinski definition) is 1. The van der Waals surface area contributed by atoms with Crippen molar-refractivity contribution in [2.45, 2.75) is 32.2 Å². The number of alkyl halides is 3. The van der Waals surface area contributed by atoms with E-state index in [-0.39, 0.29) is 23.5 Å². The fourth-order valence-electron chi connectivity index (χ4n) is 2.67. The Morgan fingerprint density at radius 1 is 1.42 bits per heavy atom. The zero-order valence-corrected chi connectivity index (χ0v) is 12.9. The first-order chi connectivity index (χ1) is 11.4. The van der Waals surface area contributed by atoms with E-state index < -0.39 is 6.36 Å². The van der Waals surface area contributed by atoms with Crippen molar-refractivity contribution in [3.05, 3.63) is 42.2 Å². The molecule has 0 saturated heterocycles. The minimum atomic E-state index is -4.75. The summed E-state index contributed by atoms with van der Waals surface area (Å²) >= 11 is 0. The molecule has 1 N–H and O–H groups in total. The lowest BCUT2D eigenvalue weighted by Gasteiger charge is -2.13. The summed E-state index contributed by atoms with van der Waals surface area (Å²) in [4.78, 5) is 12.2. The first-order valence-corrected chi connectivity index (χ1v) is 7.55. The summed E-state index contributed by atoms with van der Waals surface area (Å²) in [7, 11) is 0. The van der Waals surface area contributed by atoms with Crippen molar-refractivity contribution < 1.29 is 22.7 Å². The van der Waals surface area contributed by atoms with Gasteiger partial charge in [0.15, 0.2) is 0 Å². The number of ether oxygens (including phenoxy) is 1. The number of para-hydroxylation sites is 1. The Hall–Kier alpha value is -2.51. The standard InChI is InChI=1S/C16H16F3N3O2/c1-2-22-9-10(8-20-22)21-15(23)13-7-12(13)11-5-3-4-6-14(11)24-16(17,18)19/h3-6,8-9,12-13H,2,7H2,1H3,(H,21,23)/t12-,13+/m1/s1. The molecule has 1 aromatic heterocycles. The van der Waals surface area contributed by atoms with Crippen molar-refractivity contribution in [3.8, 4) is 5.75 Å². The number of halogens is 3. The third-order valence-electron chi connectivity index (χ3n) is 3.90. The number of aromatic nitrogens is 2. The van der Waals surface area contributed by atoms with E-state index in [1.54, 1.807) is 29.2 Å². The molecule has 128 valence electrons. The maximum atomic E-state index is 12.5. The molecule has 0 spiro atoms. The van der Waals surface area contributed by atoms with E-state index in [2.05, 4.69) is 15.2 Å². The van der Waals surface area contributed by atoms with E-state index in [0.29, 0.717) is 24.2 Å². The monoisotopic (exact) mass is 339 g/mol. The summed E-state index contributed by atoms with van der Waals surface area (Å²) in [6.45, 7) is 2.61. The Bertz CT molecular complexity index is 742. The number of benzene rings is 1. The third-order valence-corrected chi connectivity index (χ3v) is 3.90. The number of carbonyl (C=O) groups excluding carboxylic acids is 1. The number of rotatable bonds is 5. The molecule has 1 saturated carbocycles. The van der Waals surface area contributed by atoms with Crippen molar-refractivity contribution in [2.75, 3.05) is 5.32 Å². The average molecular weight is 339 g/mol. The first kappa shape index (κ1) is 16.4. The van der Waals surface area contributed by atoms with Crippen molar-refractivity contribution in [2.24, 2.45) is 5.92 Å². The molecule has 0 radical (unpaired) electrons. The van der Waals surface area contributed by atoms with Crippen LogP contribution in [0.2, 0.25) is 0 Å². The van der Waals surface area contributed by atoms with Crippen LogP contribution in [0.3, 0.4) is 0 Å². The van der Waals surface area contributed by atoms with Crippen LogP contribution in [0.5, 0.6) is 5.75 Å². The Morgan fingerprint density at radius 2 is 2.17 bits per heavy atom. The SMILES string of the molecule is CCn1cc(NC(=O)[C@H]2C[C@@H]2c2ccccc2OC(F)(F)F)cn1. The highest BCUT2D eigenvalue weighted by atomic mass is 19.4. The summed E-state index contributed by atoms with van der Waals surface area (Å²) in [5.74, 6) is -1.11.